The van der Waals surface area contributed by atoms with E-state index in [0.717, 1.165) is 30.3 Å². The van der Waals surface area contributed by atoms with Crippen molar-refractivity contribution < 1.29 is 4.92 Å². The van der Waals surface area contributed by atoms with Crippen LogP contribution >= 0.6 is 11.8 Å². The van der Waals surface area contributed by atoms with Crippen LogP contribution in [0.2, 0.25) is 0 Å². The smallest absolute Gasteiger partial charge is 0.269 e. The molecule has 0 aliphatic rings. The highest BCUT2D eigenvalue weighted by Crippen LogP contribution is 2.26. The van der Waals surface area contributed by atoms with Crippen molar-refractivity contribution in [3.8, 4) is 0 Å². The van der Waals surface area contributed by atoms with Crippen LogP contribution in [0, 0.1) is 10.1 Å². The third kappa shape index (κ3) is 3.80. The molecular formula is C21H21N5O3S. The second kappa shape index (κ2) is 8.66. The fourth-order valence-corrected chi connectivity index (χ4v) is 4.34. The highest BCUT2D eigenvalue weighted by atomic mass is 32.2. The first-order chi connectivity index (χ1) is 14.6. The Balaban J connectivity index is 1.75. The standard InChI is InChI=1S/C21H21N5O3S/c1-2-3-6-12-24-19(27)17-10-4-5-11-18(17)25-20(24)22-23-21(25)30-14-15-8-7-9-16(13-15)26(28)29/h4-5,7-11,13H,2-3,6,12,14H2,1H3. The highest BCUT2D eigenvalue weighted by Gasteiger charge is 2.17. The molecule has 0 fully saturated rings. The average molecular weight is 423 g/mol. The molecule has 2 heterocycles. The number of thioether (sulfide) groups is 1. The van der Waals surface area contributed by atoms with Gasteiger partial charge in [0, 0.05) is 24.4 Å². The fraction of sp³-hybridized carbons (Fsp3) is 0.286. The maximum Gasteiger partial charge on any atom is 0.269 e. The van der Waals surface area contributed by atoms with Crippen molar-refractivity contribution in [2.24, 2.45) is 0 Å². The second-order valence-electron chi connectivity index (χ2n) is 7.01. The summed E-state index contributed by atoms with van der Waals surface area (Å²) in [5.74, 6) is 1.03. The van der Waals surface area contributed by atoms with Gasteiger partial charge in [0.05, 0.1) is 15.8 Å². The Kier molecular flexibility index (Phi) is 5.80. The number of nitro benzene ring substituents is 1. The number of hydrogen-bond acceptors (Lipinski definition) is 6. The van der Waals surface area contributed by atoms with Crippen molar-refractivity contribution in [3.05, 3.63) is 74.6 Å². The predicted molar refractivity (Wildman–Crippen MR) is 117 cm³/mol. The average Bonchev–Trinajstić information content (AvgIpc) is 3.19. The first kappa shape index (κ1) is 20.1. The molecular weight excluding hydrogens is 402 g/mol. The predicted octanol–water partition coefficient (Wildman–Crippen LogP) is 4.43. The Morgan fingerprint density at radius 2 is 1.93 bits per heavy atom. The van der Waals surface area contributed by atoms with E-state index in [1.165, 1.54) is 17.8 Å². The quantitative estimate of drug-likeness (QED) is 0.180. The van der Waals surface area contributed by atoms with E-state index in [1.54, 1.807) is 16.7 Å². The van der Waals surface area contributed by atoms with E-state index in [4.69, 9.17) is 0 Å². The van der Waals surface area contributed by atoms with E-state index in [1.807, 2.05) is 34.7 Å². The molecule has 0 saturated heterocycles. The Morgan fingerprint density at radius 1 is 1.10 bits per heavy atom. The zero-order valence-corrected chi connectivity index (χ0v) is 17.3. The molecule has 9 heteroatoms. The number of non-ortho nitro benzene ring substituents is 1. The number of rotatable bonds is 8. The molecule has 0 bridgehead atoms. The molecule has 0 unspecified atom stereocenters. The van der Waals surface area contributed by atoms with Crippen LogP contribution in [0.3, 0.4) is 0 Å². The molecule has 0 aliphatic heterocycles. The minimum atomic E-state index is -0.400. The zero-order valence-electron chi connectivity index (χ0n) is 16.5. The van der Waals surface area contributed by atoms with Crippen molar-refractivity contribution >= 4 is 34.1 Å². The molecule has 0 atom stereocenters. The fourth-order valence-electron chi connectivity index (χ4n) is 3.46. The molecule has 2 aromatic carbocycles. The van der Waals surface area contributed by atoms with Gasteiger partial charge in [0.25, 0.3) is 11.2 Å². The number of aromatic nitrogens is 4. The lowest BCUT2D eigenvalue weighted by Crippen LogP contribution is -2.23. The summed E-state index contributed by atoms with van der Waals surface area (Å²) in [6, 6.07) is 14.0. The molecule has 4 aromatic rings. The van der Waals surface area contributed by atoms with Gasteiger partial charge in [-0.05, 0) is 24.1 Å². The number of hydrogen-bond donors (Lipinski definition) is 0. The van der Waals surface area contributed by atoms with E-state index in [-0.39, 0.29) is 11.2 Å². The number of nitrogens with zero attached hydrogens (tertiary/aromatic N) is 5. The summed E-state index contributed by atoms with van der Waals surface area (Å²) in [7, 11) is 0. The van der Waals surface area contributed by atoms with Gasteiger partial charge in [0.15, 0.2) is 5.16 Å². The van der Waals surface area contributed by atoms with Gasteiger partial charge < -0.3 is 0 Å². The van der Waals surface area contributed by atoms with Crippen LogP contribution < -0.4 is 5.56 Å². The topological polar surface area (TPSA) is 95.3 Å². The van der Waals surface area contributed by atoms with Gasteiger partial charge in [-0.1, -0.05) is 55.8 Å². The number of unbranched alkanes of at least 4 members (excludes halogenated alkanes) is 2. The lowest BCUT2D eigenvalue weighted by atomic mass is 10.2. The number of nitro groups is 1. The van der Waals surface area contributed by atoms with Crippen LogP contribution in [-0.2, 0) is 12.3 Å². The highest BCUT2D eigenvalue weighted by molar-refractivity contribution is 7.98. The summed E-state index contributed by atoms with van der Waals surface area (Å²) in [4.78, 5) is 23.7. The van der Waals surface area contributed by atoms with Crippen LogP contribution in [0.1, 0.15) is 31.7 Å². The second-order valence-corrected chi connectivity index (χ2v) is 7.96. The van der Waals surface area contributed by atoms with Gasteiger partial charge in [-0.2, -0.15) is 0 Å². The van der Waals surface area contributed by atoms with Gasteiger partial charge in [-0.25, -0.2) is 0 Å². The molecule has 0 spiro atoms. The van der Waals surface area contributed by atoms with Crippen LogP contribution in [0.15, 0.2) is 58.5 Å². The maximum absolute atomic E-state index is 13.0. The Bertz CT molecular complexity index is 1280. The van der Waals surface area contributed by atoms with Crippen LogP contribution in [0.4, 0.5) is 5.69 Å². The third-order valence-corrected chi connectivity index (χ3v) is 5.95. The van der Waals surface area contributed by atoms with Gasteiger partial charge in [0.1, 0.15) is 0 Å². The SMILES string of the molecule is CCCCCn1c(=O)c2ccccc2n2c(SCc3cccc([N+](=O)[O-])c3)nnc12. The minimum absolute atomic E-state index is 0.0585. The zero-order chi connectivity index (χ0) is 21.1. The molecule has 4 rings (SSSR count). The molecule has 0 saturated carbocycles. The summed E-state index contributed by atoms with van der Waals surface area (Å²) >= 11 is 1.44. The molecule has 30 heavy (non-hydrogen) atoms. The molecule has 154 valence electrons. The van der Waals surface area contributed by atoms with E-state index in [9.17, 15) is 14.9 Å². The van der Waals surface area contributed by atoms with Gasteiger partial charge in [-0.15, -0.1) is 10.2 Å². The summed E-state index contributed by atoms with van der Waals surface area (Å²) in [5, 5.41) is 20.9. The van der Waals surface area contributed by atoms with Gasteiger partial charge in [-0.3, -0.25) is 23.9 Å². The van der Waals surface area contributed by atoms with E-state index in [0.29, 0.717) is 28.6 Å². The first-order valence-electron chi connectivity index (χ1n) is 9.83. The lowest BCUT2D eigenvalue weighted by molar-refractivity contribution is -0.384. The van der Waals surface area contributed by atoms with Crippen LogP contribution in [0.25, 0.3) is 16.7 Å². The normalized spacial score (nSPS) is 11.4. The van der Waals surface area contributed by atoms with Crippen molar-refractivity contribution in [3.63, 3.8) is 0 Å². The summed E-state index contributed by atoms with van der Waals surface area (Å²) in [6.45, 7) is 2.72. The molecule has 0 N–H and O–H groups in total. The van der Waals surface area contributed by atoms with Crippen molar-refractivity contribution in [1.29, 1.82) is 0 Å². The largest absolute Gasteiger partial charge is 0.276 e. The van der Waals surface area contributed by atoms with E-state index >= 15 is 0 Å². The van der Waals surface area contributed by atoms with Crippen LogP contribution in [0.5, 0.6) is 0 Å². The van der Waals surface area contributed by atoms with E-state index < -0.39 is 4.92 Å². The van der Waals surface area contributed by atoms with Crippen molar-refractivity contribution in [2.45, 2.75) is 43.6 Å². The molecule has 0 amide bonds. The van der Waals surface area contributed by atoms with E-state index in [2.05, 4.69) is 17.1 Å². The summed E-state index contributed by atoms with van der Waals surface area (Å²) < 4.78 is 3.60. The minimum Gasteiger partial charge on any atom is -0.276 e. The third-order valence-electron chi connectivity index (χ3n) is 4.95. The number of para-hydroxylation sites is 1. The molecule has 0 aliphatic carbocycles. The van der Waals surface area contributed by atoms with Crippen molar-refractivity contribution in [2.75, 3.05) is 0 Å². The van der Waals surface area contributed by atoms with Crippen molar-refractivity contribution in [1.82, 2.24) is 19.2 Å². The number of benzene rings is 2. The van der Waals surface area contributed by atoms with Gasteiger partial charge >= 0.3 is 0 Å². The first-order valence-corrected chi connectivity index (χ1v) is 10.8. The van der Waals surface area contributed by atoms with Crippen LogP contribution in [-0.4, -0.2) is 24.1 Å². The molecule has 8 nitrogen and oxygen atoms in total. The Labute approximate surface area is 176 Å². The Hall–Kier alpha value is -3.20. The monoisotopic (exact) mass is 423 g/mol. The summed E-state index contributed by atoms with van der Waals surface area (Å²) in [6.07, 6.45) is 3.00. The molecule has 2 aromatic heterocycles. The number of fused-ring (bicyclic) bond motifs is 3. The van der Waals surface area contributed by atoms with Gasteiger partial charge in [0.2, 0.25) is 5.78 Å². The lowest BCUT2D eigenvalue weighted by Gasteiger charge is -2.11. The molecule has 0 radical (unpaired) electrons. The number of aryl methyl sites for hydroxylation is 1. The Morgan fingerprint density at radius 3 is 2.73 bits per heavy atom. The maximum atomic E-state index is 13.0. The summed E-state index contributed by atoms with van der Waals surface area (Å²) in [5.41, 5.74) is 1.59.